The first-order valence-electron chi connectivity index (χ1n) is 6.86. The number of ether oxygens (including phenoxy) is 2. The third-order valence-electron chi connectivity index (χ3n) is 4.40. The molecule has 0 heterocycles. The lowest BCUT2D eigenvalue weighted by molar-refractivity contribution is -0.0979. The summed E-state index contributed by atoms with van der Waals surface area (Å²) in [5, 5.41) is 12.6. The summed E-state index contributed by atoms with van der Waals surface area (Å²) < 4.78 is 10.6. The number of hydrogen-bond acceptors (Lipinski definition) is 4. The largest absolute Gasteiger partial charge is 0.495 e. The molecule has 2 atom stereocenters. The SMILES string of the molecule is COc1ccc(CNC2CC(OC)C2(C)C)cc1C#N. The normalized spacial score (nSPS) is 23.8. The molecule has 4 heteroatoms. The van der Waals surface area contributed by atoms with E-state index in [0.29, 0.717) is 23.5 Å². The molecule has 2 rings (SSSR count). The van der Waals surface area contributed by atoms with E-state index in [1.54, 1.807) is 14.2 Å². The molecule has 4 nitrogen and oxygen atoms in total. The second-order valence-corrected chi connectivity index (χ2v) is 5.86. The monoisotopic (exact) mass is 274 g/mol. The Bertz CT molecular complexity index is 520. The second-order valence-electron chi connectivity index (χ2n) is 5.86. The van der Waals surface area contributed by atoms with Crippen LogP contribution in [0.4, 0.5) is 0 Å². The molecule has 0 aromatic heterocycles. The summed E-state index contributed by atoms with van der Waals surface area (Å²) in [5.74, 6) is 0.625. The predicted octanol–water partition coefficient (Wildman–Crippen LogP) is 2.47. The minimum Gasteiger partial charge on any atom is -0.495 e. The number of nitriles is 1. The number of nitrogens with one attached hydrogen (secondary N) is 1. The van der Waals surface area contributed by atoms with Crippen molar-refractivity contribution in [3.8, 4) is 11.8 Å². The highest BCUT2D eigenvalue weighted by molar-refractivity contribution is 5.45. The number of benzene rings is 1. The van der Waals surface area contributed by atoms with Crippen molar-refractivity contribution in [1.29, 1.82) is 5.26 Å². The van der Waals surface area contributed by atoms with Gasteiger partial charge in [0.15, 0.2) is 0 Å². The van der Waals surface area contributed by atoms with Crippen molar-refractivity contribution in [1.82, 2.24) is 5.32 Å². The molecule has 0 amide bonds. The zero-order valence-corrected chi connectivity index (χ0v) is 12.6. The summed E-state index contributed by atoms with van der Waals surface area (Å²) in [6.07, 6.45) is 1.36. The third-order valence-corrected chi connectivity index (χ3v) is 4.40. The molecule has 0 bridgehead atoms. The molecule has 108 valence electrons. The van der Waals surface area contributed by atoms with Crippen molar-refractivity contribution in [3.05, 3.63) is 29.3 Å². The number of hydrogen-bond donors (Lipinski definition) is 1. The van der Waals surface area contributed by atoms with Crippen LogP contribution in [0.2, 0.25) is 0 Å². The Hall–Kier alpha value is -1.57. The van der Waals surface area contributed by atoms with Gasteiger partial charge in [-0.3, -0.25) is 0 Å². The molecule has 0 saturated heterocycles. The van der Waals surface area contributed by atoms with E-state index in [4.69, 9.17) is 14.7 Å². The van der Waals surface area contributed by atoms with Gasteiger partial charge in [0, 0.05) is 25.1 Å². The van der Waals surface area contributed by atoms with Gasteiger partial charge >= 0.3 is 0 Å². The Kier molecular flexibility index (Phi) is 4.32. The molecule has 1 N–H and O–H groups in total. The molecular formula is C16H22N2O2. The highest BCUT2D eigenvalue weighted by Crippen LogP contribution is 2.42. The summed E-state index contributed by atoms with van der Waals surface area (Å²) in [5.41, 5.74) is 1.83. The third kappa shape index (κ3) is 2.65. The maximum absolute atomic E-state index is 9.09. The van der Waals surface area contributed by atoms with Gasteiger partial charge in [0.2, 0.25) is 0 Å². The van der Waals surface area contributed by atoms with Gasteiger partial charge in [0.1, 0.15) is 11.8 Å². The molecule has 2 unspecified atom stereocenters. The summed E-state index contributed by atoms with van der Waals surface area (Å²) >= 11 is 0. The van der Waals surface area contributed by atoms with Crippen LogP contribution in [0.25, 0.3) is 0 Å². The van der Waals surface area contributed by atoms with E-state index in [9.17, 15) is 0 Å². The van der Waals surface area contributed by atoms with Crippen LogP contribution >= 0.6 is 0 Å². The van der Waals surface area contributed by atoms with Crippen LogP contribution in [0.15, 0.2) is 18.2 Å². The minimum atomic E-state index is 0.152. The summed E-state index contributed by atoms with van der Waals surface area (Å²) in [6, 6.07) is 8.33. The van der Waals surface area contributed by atoms with Crippen LogP contribution in [-0.2, 0) is 11.3 Å². The highest BCUT2D eigenvalue weighted by atomic mass is 16.5. The maximum atomic E-state index is 9.09. The molecule has 0 spiro atoms. The first-order valence-corrected chi connectivity index (χ1v) is 6.86. The second kappa shape index (κ2) is 5.82. The average molecular weight is 274 g/mol. The Morgan fingerprint density at radius 3 is 2.70 bits per heavy atom. The van der Waals surface area contributed by atoms with E-state index < -0.39 is 0 Å². The van der Waals surface area contributed by atoms with Gasteiger partial charge in [-0.25, -0.2) is 0 Å². The van der Waals surface area contributed by atoms with Crippen molar-refractivity contribution in [2.75, 3.05) is 14.2 Å². The molecular weight excluding hydrogens is 252 g/mol. The van der Waals surface area contributed by atoms with Gasteiger partial charge in [0.25, 0.3) is 0 Å². The van der Waals surface area contributed by atoms with E-state index >= 15 is 0 Å². The predicted molar refractivity (Wildman–Crippen MR) is 77.5 cm³/mol. The first-order chi connectivity index (χ1) is 9.52. The van der Waals surface area contributed by atoms with Crippen LogP contribution in [0.3, 0.4) is 0 Å². The quantitative estimate of drug-likeness (QED) is 0.896. The van der Waals surface area contributed by atoms with Gasteiger partial charge in [-0.05, 0) is 24.1 Å². The Morgan fingerprint density at radius 2 is 2.15 bits per heavy atom. The van der Waals surface area contributed by atoms with Crippen molar-refractivity contribution in [2.45, 2.75) is 39.0 Å². The summed E-state index contributed by atoms with van der Waals surface area (Å²) in [6.45, 7) is 5.19. The van der Waals surface area contributed by atoms with Crippen LogP contribution < -0.4 is 10.1 Å². The molecule has 1 aliphatic rings. The fourth-order valence-electron chi connectivity index (χ4n) is 2.83. The zero-order chi connectivity index (χ0) is 14.8. The maximum Gasteiger partial charge on any atom is 0.136 e. The molecule has 1 aromatic rings. The van der Waals surface area contributed by atoms with Gasteiger partial charge < -0.3 is 14.8 Å². The summed E-state index contributed by atoms with van der Waals surface area (Å²) in [7, 11) is 3.35. The first kappa shape index (κ1) is 14.8. The van der Waals surface area contributed by atoms with Gasteiger partial charge in [-0.2, -0.15) is 5.26 Å². The molecule has 1 aliphatic carbocycles. The van der Waals surface area contributed by atoms with Crippen LogP contribution in [0.1, 0.15) is 31.4 Å². The van der Waals surface area contributed by atoms with Crippen LogP contribution in [0.5, 0.6) is 5.75 Å². The van der Waals surface area contributed by atoms with Gasteiger partial charge in [-0.1, -0.05) is 19.9 Å². The Balaban J connectivity index is 1.97. The van der Waals surface area contributed by atoms with Crippen molar-refractivity contribution in [2.24, 2.45) is 5.41 Å². The van der Waals surface area contributed by atoms with Crippen molar-refractivity contribution in [3.63, 3.8) is 0 Å². The van der Waals surface area contributed by atoms with Crippen molar-refractivity contribution < 1.29 is 9.47 Å². The lowest BCUT2D eigenvalue weighted by atomic mass is 9.64. The lowest BCUT2D eigenvalue weighted by Crippen LogP contribution is -2.60. The zero-order valence-electron chi connectivity index (χ0n) is 12.6. The van der Waals surface area contributed by atoms with Crippen LogP contribution in [0, 0.1) is 16.7 Å². The van der Waals surface area contributed by atoms with E-state index in [1.807, 2.05) is 18.2 Å². The van der Waals surface area contributed by atoms with Gasteiger partial charge in [-0.15, -0.1) is 0 Å². The van der Waals surface area contributed by atoms with Crippen LogP contribution in [-0.4, -0.2) is 26.4 Å². The minimum absolute atomic E-state index is 0.152. The molecule has 1 aromatic carbocycles. The number of rotatable bonds is 5. The topological polar surface area (TPSA) is 54.3 Å². The number of nitrogens with zero attached hydrogens (tertiary/aromatic N) is 1. The fourth-order valence-corrected chi connectivity index (χ4v) is 2.83. The molecule has 0 aliphatic heterocycles. The standard InChI is InChI=1S/C16H22N2O2/c1-16(2)14(8-15(16)20-4)18-10-11-5-6-13(19-3)12(7-11)9-17/h5-7,14-15,18H,8,10H2,1-4H3. The summed E-state index contributed by atoms with van der Waals surface area (Å²) in [4.78, 5) is 0. The Morgan fingerprint density at radius 1 is 1.40 bits per heavy atom. The average Bonchev–Trinajstić information content (AvgIpc) is 2.46. The van der Waals surface area contributed by atoms with Crippen molar-refractivity contribution >= 4 is 0 Å². The Labute approximate surface area is 120 Å². The molecule has 1 saturated carbocycles. The molecule has 20 heavy (non-hydrogen) atoms. The van der Waals surface area contributed by atoms with E-state index in [2.05, 4.69) is 25.2 Å². The molecule has 1 fully saturated rings. The highest BCUT2D eigenvalue weighted by Gasteiger charge is 2.48. The van der Waals surface area contributed by atoms with E-state index in [1.165, 1.54) is 0 Å². The lowest BCUT2D eigenvalue weighted by Gasteiger charge is -2.51. The van der Waals surface area contributed by atoms with Gasteiger partial charge in [0.05, 0.1) is 18.8 Å². The fraction of sp³-hybridized carbons (Fsp3) is 0.562. The number of methoxy groups -OCH3 is 2. The molecule has 0 radical (unpaired) electrons. The smallest absolute Gasteiger partial charge is 0.136 e. The van der Waals surface area contributed by atoms with E-state index in [0.717, 1.165) is 18.5 Å². The van der Waals surface area contributed by atoms with E-state index in [-0.39, 0.29) is 5.41 Å².